The van der Waals surface area contributed by atoms with Crippen LogP contribution < -0.4 is 33.2 Å². The SMILES string of the molecule is COc1ccc(C)nc1C(C)(C)C.COc1cnc(C)cc1C(C)(C)C.COc1ncc(C)cc1C(C)(C)C.Cc1cc2c(c(C(C)(C)C)c1)OC(C)(C)O2.[3H]c1c(C)sc(OC)c1C(C)(C)C.[3H]c1c([3H])c(OC)c(C(C)(C)C)c([3H])c1C. The van der Waals surface area contributed by atoms with E-state index in [0.717, 1.165) is 67.0 Å². The van der Waals surface area contributed by atoms with Gasteiger partial charge in [-0.05, 0) is 128 Å². The third kappa shape index (κ3) is 21.6. The molecule has 2 aromatic carbocycles. The number of rotatable bonds is 5. The summed E-state index contributed by atoms with van der Waals surface area (Å²) in [5.41, 5.74) is 11.4. The van der Waals surface area contributed by atoms with Gasteiger partial charge in [0.25, 0.3) is 0 Å². The molecule has 0 aliphatic carbocycles. The van der Waals surface area contributed by atoms with Gasteiger partial charge in [0.15, 0.2) is 16.6 Å². The lowest BCUT2D eigenvalue weighted by Gasteiger charge is -2.22. The molecule has 0 radical (unpaired) electrons. The first kappa shape index (κ1) is 63.4. The summed E-state index contributed by atoms with van der Waals surface area (Å²) in [4.78, 5) is 14.0. The lowest BCUT2D eigenvalue weighted by atomic mass is 9.85. The number of thiophene rings is 1. The number of benzene rings is 2. The van der Waals surface area contributed by atoms with E-state index in [2.05, 4.69) is 144 Å². The largest absolute Gasteiger partial charge is 0.496 e. The fourth-order valence-corrected chi connectivity index (χ4v) is 9.03. The van der Waals surface area contributed by atoms with E-state index in [4.69, 9.17) is 38.6 Å². The second-order valence-electron chi connectivity index (χ2n) is 26.9. The van der Waals surface area contributed by atoms with Gasteiger partial charge in [0.05, 0.1) is 52.9 Å². The van der Waals surface area contributed by atoms with E-state index in [1.165, 1.54) is 29.4 Å². The molecule has 1 aliphatic rings. The molecule has 80 heavy (non-hydrogen) atoms. The van der Waals surface area contributed by atoms with Crippen LogP contribution in [0.4, 0.5) is 0 Å². The zero-order valence-electron chi connectivity index (χ0n) is 59.2. The molecule has 0 atom stereocenters. The maximum Gasteiger partial charge on any atom is 0.246 e. The number of aromatic nitrogens is 3. The Balaban J connectivity index is 0.000000345. The summed E-state index contributed by atoms with van der Waals surface area (Å²) in [6.07, 6.45) is 3.62. The summed E-state index contributed by atoms with van der Waals surface area (Å²) < 4.78 is 69.4. The lowest BCUT2D eigenvalue weighted by molar-refractivity contribution is -0.0437. The van der Waals surface area contributed by atoms with Crippen molar-refractivity contribution in [3.8, 4) is 39.7 Å². The van der Waals surface area contributed by atoms with Crippen LogP contribution in [0.2, 0.25) is 0 Å². The van der Waals surface area contributed by atoms with Gasteiger partial charge in [-0.1, -0.05) is 148 Å². The Hall–Kier alpha value is -5.81. The summed E-state index contributed by atoms with van der Waals surface area (Å²) in [7, 11) is 8.17. The van der Waals surface area contributed by atoms with Crippen LogP contribution >= 0.6 is 11.3 Å². The fourth-order valence-electron chi connectivity index (χ4n) is 8.06. The van der Waals surface area contributed by atoms with Gasteiger partial charge in [-0.25, -0.2) is 4.98 Å². The predicted octanol–water partition coefficient (Wildman–Crippen LogP) is 18.6. The summed E-state index contributed by atoms with van der Waals surface area (Å²) in [6, 6.07) is 13.5. The summed E-state index contributed by atoms with van der Waals surface area (Å²) in [5, 5.41) is 0.884. The van der Waals surface area contributed by atoms with E-state index in [9.17, 15) is 0 Å². The Labute approximate surface area is 495 Å². The molecular formula is C69H105N3O7S. The Morgan fingerprint density at radius 2 is 0.988 bits per heavy atom. The average molecular weight is 1130 g/mol. The quantitative estimate of drug-likeness (QED) is 0.166. The van der Waals surface area contributed by atoms with Crippen molar-refractivity contribution in [1.82, 2.24) is 15.0 Å². The monoisotopic (exact) mass is 1130 g/mol. The minimum atomic E-state index is -0.546. The number of aryl methyl sites for hydroxylation is 5. The lowest BCUT2D eigenvalue weighted by Crippen LogP contribution is -2.30. The molecule has 0 N–H and O–H groups in total. The smallest absolute Gasteiger partial charge is 0.246 e. The van der Waals surface area contributed by atoms with Gasteiger partial charge in [-0.3, -0.25) is 9.97 Å². The Morgan fingerprint density at radius 1 is 0.463 bits per heavy atom. The molecule has 6 aromatic rings. The zero-order chi connectivity index (χ0) is 65.2. The molecule has 0 saturated heterocycles. The summed E-state index contributed by atoms with van der Waals surface area (Å²) >= 11 is 1.56. The average Bonchev–Trinajstić information content (AvgIpc) is 3.97. The van der Waals surface area contributed by atoms with Crippen LogP contribution in [0.15, 0.2) is 73.0 Å². The van der Waals surface area contributed by atoms with Crippen molar-refractivity contribution in [1.29, 1.82) is 0 Å². The van der Waals surface area contributed by atoms with Crippen LogP contribution in [0.3, 0.4) is 0 Å². The number of hydrogen-bond acceptors (Lipinski definition) is 11. The van der Waals surface area contributed by atoms with Gasteiger partial charge < -0.3 is 33.2 Å². The minimum Gasteiger partial charge on any atom is -0.496 e. The van der Waals surface area contributed by atoms with Gasteiger partial charge in [-0.2, -0.15) is 0 Å². The van der Waals surface area contributed by atoms with Crippen molar-refractivity contribution in [2.24, 2.45) is 0 Å². The molecule has 444 valence electrons. The first-order valence-electron chi connectivity index (χ1n) is 29.5. The molecule has 5 heterocycles. The maximum atomic E-state index is 8.05. The molecule has 11 heteroatoms. The molecule has 7 rings (SSSR count). The molecule has 10 nitrogen and oxygen atoms in total. The van der Waals surface area contributed by atoms with Crippen LogP contribution in [0.1, 0.15) is 210 Å². The number of ether oxygens (including phenoxy) is 7. The van der Waals surface area contributed by atoms with Crippen LogP contribution in [0, 0.1) is 41.5 Å². The molecule has 0 unspecified atom stereocenters. The second-order valence-corrected chi connectivity index (χ2v) is 28.1. The highest BCUT2D eigenvalue weighted by Crippen LogP contribution is 2.47. The van der Waals surface area contributed by atoms with E-state index in [1.54, 1.807) is 52.9 Å². The van der Waals surface area contributed by atoms with Crippen LogP contribution in [-0.4, -0.2) is 56.3 Å². The van der Waals surface area contributed by atoms with Gasteiger partial charge in [0.2, 0.25) is 11.7 Å². The van der Waals surface area contributed by atoms with Crippen molar-refractivity contribution >= 4 is 11.3 Å². The van der Waals surface area contributed by atoms with E-state index in [0.29, 0.717) is 29.0 Å². The molecule has 1 aliphatic heterocycles. The third-order valence-corrected chi connectivity index (χ3v) is 13.2. The van der Waals surface area contributed by atoms with Crippen molar-refractivity contribution in [3.63, 3.8) is 0 Å². The number of methoxy groups -OCH3 is 5. The number of pyridine rings is 3. The third-order valence-electron chi connectivity index (χ3n) is 12.2. The first-order chi connectivity index (χ1) is 38.1. The van der Waals surface area contributed by atoms with Crippen molar-refractivity contribution in [2.45, 2.75) is 218 Å². The topological polar surface area (TPSA) is 103 Å². The Morgan fingerprint density at radius 3 is 1.45 bits per heavy atom. The molecule has 0 saturated carbocycles. The van der Waals surface area contributed by atoms with E-state index < -0.39 is 5.79 Å². The molecule has 0 spiro atoms. The van der Waals surface area contributed by atoms with E-state index in [1.807, 2.05) is 86.7 Å². The van der Waals surface area contributed by atoms with Gasteiger partial charge >= 0.3 is 0 Å². The number of fused-ring (bicyclic) bond motifs is 1. The van der Waals surface area contributed by atoms with Gasteiger partial charge in [0, 0.05) is 64.0 Å². The van der Waals surface area contributed by atoms with Crippen LogP contribution in [-0.2, 0) is 32.5 Å². The number of hydrogen-bond donors (Lipinski definition) is 0. The molecular weight excluding hydrogens is 1010 g/mol. The Bertz CT molecular complexity index is 2990. The maximum absolute atomic E-state index is 8.05. The van der Waals surface area contributed by atoms with Crippen molar-refractivity contribution in [2.75, 3.05) is 35.5 Å². The van der Waals surface area contributed by atoms with E-state index >= 15 is 0 Å². The summed E-state index contributed by atoms with van der Waals surface area (Å²) in [5.74, 6) is 4.07. The van der Waals surface area contributed by atoms with Crippen LogP contribution in [0.5, 0.6) is 39.7 Å². The zero-order valence-corrected chi connectivity index (χ0v) is 56.0. The highest BCUT2D eigenvalue weighted by atomic mass is 32.1. The van der Waals surface area contributed by atoms with Crippen molar-refractivity contribution < 1.29 is 38.6 Å². The van der Waals surface area contributed by atoms with Crippen LogP contribution in [0.25, 0.3) is 0 Å². The standard InChI is InChI=1S/C14H20O2.C12H18O.3C11H17NO.C10H16OS/c1-9-7-10(13(2,3)4)12-11(8-9)15-14(5,6)16-12;1-9-6-7-11(13-5)10(8-9)12(2,3)4;1-8-6-9(11(2,3)4)10(13-5)7-12-8;1-8-6-9(11(2,3)4)10(13-5)12-7-8;1-8-6-7-9(13-5)10(12-8)11(2,3)4;1-7-6-8(10(2,3)4)9(11-5)12-7/h7-8H,1-6H3;6-8H,1-5H3;3*6-7H,1-5H3;6H,1-5H3/i;6T,7T,8T;;;;6T. The van der Waals surface area contributed by atoms with Gasteiger partial charge in [-0.15, -0.1) is 11.3 Å². The minimum absolute atomic E-state index is 0.00676. The van der Waals surface area contributed by atoms with Crippen molar-refractivity contribution in [3.05, 3.63) is 139 Å². The Kier molecular flexibility index (Phi) is 22.4. The first-order valence-corrected chi connectivity index (χ1v) is 28.3. The highest BCUT2D eigenvalue weighted by molar-refractivity contribution is 7.14. The highest BCUT2D eigenvalue weighted by Gasteiger charge is 2.36. The normalized spacial score (nSPS) is 13.4. The molecule has 0 fully saturated rings. The number of nitrogens with zero attached hydrogens (tertiary/aromatic N) is 3. The molecule has 4 aromatic heterocycles. The second kappa shape index (κ2) is 28.3. The van der Waals surface area contributed by atoms with Gasteiger partial charge in [0.1, 0.15) is 17.2 Å². The molecule has 0 bridgehead atoms. The fraction of sp³-hybridized carbons (Fsp3) is 0.551. The predicted molar refractivity (Wildman–Crippen MR) is 339 cm³/mol. The molecule has 0 amide bonds. The van der Waals surface area contributed by atoms with E-state index in [-0.39, 0.29) is 44.6 Å². The summed E-state index contributed by atoms with van der Waals surface area (Å²) in [6.45, 7) is 53.9.